The van der Waals surface area contributed by atoms with E-state index in [1.165, 1.54) is 29.2 Å². The number of hydrogen-bond donors (Lipinski definition) is 0. The van der Waals surface area contributed by atoms with Gasteiger partial charge in [-0.25, -0.2) is 13.8 Å². The minimum absolute atomic E-state index is 0.0138. The summed E-state index contributed by atoms with van der Waals surface area (Å²) < 4.78 is 28.0. The van der Waals surface area contributed by atoms with Crippen molar-refractivity contribution >= 4 is 55.0 Å². The first-order chi connectivity index (χ1) is 14.8. The number of halogens is 2. The Hall–Kier alpha value is -2.76. The van der Waals surface area contributed by atoms with Gasteiger partial charge in [-0.1, -0.05) is 36.5 Å². The van der Waals surface area contributed by atoms with E-state index >= 15 is 0 Å². The van der Waals surface area contributed by atoms with E-state index in [4.69, 9.17) is 0 Å². The SMILES string of the molecule is CCN(CC)CCN(C(=O)C=Cc1ccc([N+](=O)[O-])s1)c1nc2c(F)cc(F)cc2s1. The minimum Gasteiger partial charge on any atom is -0.302 e. The summed E-state index contributed by atoms with van der Waals surface area (Å²) in [7, 11) is 0. The van der Waals surface area contributed by atoms with Crippen molar-refractivity contribution in [1.82, 2.24) is 9.88 Å². The van der Waals surface area contributed by atoms with Gasteiger partial charge in [-0.15, -0.1) is 0 Å². The van der Waals surface area contributed by atoms with Crippen molar-refractivity contribution < 1.29 is 18.5 Å². The molecule has 31 heavy (non-hydrogen) atoms. The van der Waals surface area contributed by atoms with Crippen molar-refractivity contribution in [3.8, 4) is 0 Å². The molecule has 7 nitrogen and oxygen atoms in total. The molecule has 2 aromatic heterocycles. The van der Waals surface area contributed by atoms with Gasteiger partial charge >= 0.3 is 5.00 Å². The highest BCUT2D eigenvalue weighted by Gasteiger charge is 2.20. The highest BCUT2D eigenvalue weighted by molar-refractivity contribution is 7.22. The van der Waals surface area contributed by atoms with E-state index in [0.29, 0.717) is 22.7 Å². The zero-order chi connectivity index (χ0) is 22.5. The molecule has 0 unspecified atom stereocenters. The number of thiazole rings is 1. The van der Waals surface area contributed by atoms with Crippen LogP contribution >= 0.6 is 22.7 Å². The van der Waals surface area contributed by atoms with Crippen molar-refractivity contribution in [1.29, 1.82) is 0 Å². The highest BCUT2D eigenvalue weighted by Crippen LogP contribution is 2.31. The van der Waals surface area contributed by atoms with Crippen molar-refractivity contribution in [3.05, 3.63) is 57.0 Å². The van der Waals surface area contributed by atoms with Crippen LogP contribution in [-0.2, 0) is 4.79 Å². The number of hydrogen-bond acceptors (Lipinski definition) is 7. The zero-order valence-electron chi connectivity index (χ0n) is 16.9. The Kier molecular flexibility index (Phi) is 7.42. The van der Waals surface area contributed by atoms with E-state index in [9.17, 15) is 23.7 Å². The first kappa shape index (κ1) is 22.9. The molecular formula is C20H20F2N4O3S2. The second kappa shape index (κ2) is 10.0. The molecule has 11 heteroatoms. The number of anilines is 1. The average Bonchev–Trinajstić information content (AvgIpc) is 3.37. The van der Waals surface area contributed by atoms with Crippen LogP contribution in [0.1, 0.15) is 18.7 Å². The fourth-order valence-corrected chi connectivity index (χ4v) is 4.68. The lowest BCUT2D eigenvalue weighted by atomic mass is 10.3. The number of carbonyl (C=O) groups is 1. The Balaban J connectivity index is 1.89. The van der Waals surface area contributed by atoms with Gasteiger partial charge in [-0.3, -0.25) is 19.8 Å². The molecule has 3 rings (SSSR count). The van der Waals surface area contributed by atoms with Gasteiger partial charge < -0.3 is 4.90 Å². The summed E-state index contributed by atoms with van der Waals surface area (Å²) in [5.74, 6) is -1.89. The summed E-state index contributed by atoms with van der Waals surface area (Å²) in [6.45, 7) is 6.49. The third-order valence-electron chi connectivity index (χ3n) is 4.62. The van der Waals surface area contributed by atoms with Crippen molar-refractivity contribution in [2.75, 3.05) is 31.1 Å². The van der Waals surface area contributed by atoms with Crippen LogP contribution in [0, 0.1) is 21.7 Å². The largest absolute Gasteiger partial charge is 0.324 e. The first-order valence-electron chi connectivity index (χ1n) is 9.54. The van der Waals surface area contributed by atoms with Crippen LogP contribution in [0.3, 0.4) is 0 Å². The molecule has 1 aromatic carbocycles. The molecule has 0 fully saturated rings. The molecular weight excluding hydrogens is 446 g/mol. The Morgan fingerprint density at radius 3 is 2.58 bits per heavy atom. The molecule has 0 atom stereocenters. The van der Waals surface area contributed by atoms with Crippen LogP contribution in [0.25, 0.3) is 16.3 Å². The molecule has 0 saturated carbocycles. The lowest BCUT2D eigenvalue weighted by molar-refractivity contribution is -0.380. The number of thiophene rings is 1. The summed E-state index contributed by atoms with van der Waals surface area (Å²) in [5.41, 5.74) is 0.0138. The van der Waals surface area contributed by atoms with Gasteiger partial charge in [0.2, 0.25) is 0 Å². The predicted octanol–water partition coefficient (Wildman–Crippen LogP) is 4.93. The fraction of sp³-hybridized carbons (Fsp3) is 0.300. The highest BCUT2D eigenvalue weighted by atomic mass is 32.1. The molecule has 0 aliphatic rings. The number of carbonyl (C=O) groups excluding carboxylic acids is 1. The van der Waals surface area contributed by atoms with Crippen molar-refractivity contribution in [3.63, 3.8) is 0 Å². The molecule has 0 saturated heterocycles. The molecule has 0 aliphatic carbocycles. The van der Waals surface area contributed by atoms with Crippen LogP contribution in [0.4, 0.5) is 18.9 Å². The number of fused-ring (bicyclic) bond motifs is 1. The number of rotatable bonds is 9. The number of benzene rings is 1. The van der Waals surface area contributed by atoms with Crippen LogP contribution in [0.5, 0.6) is 0 Å². The summed E-state index contributed by atoms with van der Waals surface area (Å²) in [6.07, 6.45) is 2.80. The first-order valence-corrected chi connectivity index (χ1v) is 11.2. The molecule has 0 aliphatic heterocycles. The van der Waals surface area contributed by atoms with Gasteiger partial charge in [0.05, 0.1) is 9.62 Å². The molecule has 1 amide bonds. The van der Waals surface area contributed by atoms with E-state index in [0.717, 1.165) is 41.8 Å². The van der Waals surface area contributed by atoms with E-state index < -0.39 is 22.5 Å². The maximum absolute atomic E-state index is 14.1. The second-order valence-corrected chi connectivity index (χ2v) is 8.62. The molecule has 0 bridgehead atoms. The Morgan fingerprint density at radius 1 is 1.19 bits per heavy atom. The molecule has 0 spiro atoms. The Labute approximate surface area is 185 Å². The standard InChI is InChI=1S/C20H20F2N4O3S2/c1-3-24(4-2)9-10-25(17(27)7-5-14-6-8-18(30-14)26(28)29)20-23-19-15(22)11-13(21)12-16(19)31-20/h5-8,11-12H,3-4,9-10H2,1-2H3. The number of likely N-dealkylation sites (N-methyl/N-ethyl adjacent to an activating group) is 1. The third kappa shape index (κ3) is 5.49. The molecule has 3 aromatic rings. The summed E-state index contributed by atoms with van der Waals surface area (Å²) >= 11 is 1.99. The van der Waals surface area contributed by atoms with Gasteiger partial charge in [0.1, 0.15) is 11.3 Å². The molecule has 0 N–H and O–H groups in total. The van der Waals surface area contributed by atoms with E-state index in [1.54, 1.807) is 6.07 Å². The van der Waals surface area contributed by atoms with Crippen LogP contribution in [0.2, 0.25) is 0 Å². The quantitative estimate of drug-likeness (QED) is 0.254. The lowest BCUT2D eigenvalue weighted by Gasteiger charge is -2.23. The Bertz CT molecular complexity index is 1130. The number of nitrogens with zero attached hydrogens (tertiary/aromatic N) is 4. The van der Waals surface area contributed by atoms with Gasteiger partial charge in [-0.2, -0.15) is 0 Å². The van der Waals surface area contributed by atoms with Crippen LogP contribution in [0.15, 0.2) is 30.3 Å². The summed E-state index contributed by atoms with van der Waals surface area (Å²) in [4.78, 5) is 31.6. The number of amides is 1. The lowest BCUT2D eigenvalue weighted by Crippen LogP contribution is -2.38. The van der Waals surface area contributed by atoms with Crippen LogP contribution < -0.4 is 4.90 Å². The van der Waals surface area contributed by atoms with E-state index in [-0.39, 0.29) is 15.6 Å². The average molecular weight is 467 g/mol. The van der Waals surface area contributed by atoms with Gasteiger partial charge in [0.15, 0.2) is 10.9 Å². The predicted molar refractivity (Wildman–Crippen MR) is 120 cm³/mol. The van der Waals surface area contributed by atoms with Gasteiger partial charge in [0.25, 0.3) is 5.91 Å². The normalized spacial score (nSPS) is 11.6. The topological polar surface area (TPSA) is 79.6 Å². The van der Waals surface area contributed by atoms with E-state index in [2.05, 4.69) is 9.88 Å². The molecule has 164 valence electrons. The molecule has 0 radical (unpaired) electrons. The van der Waals surface area contributed by atoms with Gasteiger partial charge in [-0.05, 0) is 31.3 Å². The monoisotopic (exact) mass is 466 g/mol. The third-order valence-corrected chi connectivity index (χ3v) is 6.64. The van der Waals surface area contributed by atoms with Crippen molar-refractivity contribution in [2.45, 2.75) is 13.8 Å². The second-order valence-electron chi connectivity index (χ2n) is 6.51. The number of aromatic nitrogens is 1. The van der Waals surface area contributed by atoms with E-state index in [1.807, 2.05) is 13.8 Å². The van der Waals surface area contributed by atoms with Gasteiger partial charge in [0, 0.05) is 36.2 Å². The summed E-state index contributed by atoms with van der Waals surface area (Å²) in [5, 5.41) is 11.1. The maximum atomic E-state index is 14.1. The van der Waals surface area contributed by atoms with Crippen molar-refractivity contribution in [2.24, 2.45) is 0 Å². The smallest absolute Gasteiger partial charge is 0.302 e. The summed E-state index contributed by atoms with van der Waals surface area (Å²) in [6, 6.07) is 4.88. The Morgan fingerprint density at radius 2 is 1.94 bits per heavy atom. The fourth-order valence-electron chi connectivity index (χ4n) is 2.92. The molecule has 2 heterocycles. The minimum atomic E-state index is -0.782. The zero-order valence-corrected chi connectivity index (χ0v) is 18.5. The maximum Gasteiger partial charge on any atom is 0.324 e. The van der Waals surface area contributed by atoms with Crippen LogP contribution in [-0.4, -0.2) is 46.9 Å². The number of nitro groups is 1.